The lowest BCUT2D eigenvalue weighted by molar-refractivity contribution is 0.0754. The first-order valence-electron chi connectivity index (χ1n) is 8.14. The van der Waals surface area contributed by atoms with Crippen LogP contribution in [0.15, 0.2) is 36.5 Å². The second-order valence-electron chi connectivity index (χ2n) is 7.16. The van der Waals surface area contributed by atoms with Crippen molar-refractivity contribution in [3.8, 4) is 17.9 Å². The van der Waals surface area contributed by atoms with E-state index in [-0.39, 0.29) is 11.3 Å². The Labute approximate surface area is 148 Å². The second-order valence-corrected chi connectivity index (χ2v) is 7.16. The average Bonchev–Trinajstić information content (AvgIpc) is 2.67. The van der Waals surface area contributed by atoms with Crippen molar-refractivity contribution in [2.45, 2.75) is 20.3 Å². The minimum atomic E-state index is -0.0109. The van der Waals surface area contributed by atoms with Gasteiger partial charge in [-0.3, -0.25) is 9.78 Å². The lowest BCUT2D eigenvalue weighted by atomic mass is 9.87. The van der Waals surface area contributed by atoms with Crippen molar-refractivity contribution in [3.63, 3.8) is 0 Å². The van der Waals surface area contributed by atoms with Gasteiger partial charge in [0.25, 0.3) is 5.91 Å². The molecule has 25 heavy (non-hydrogen) atoms. The number of aromatic nitrogens is 1. The largest absolute Gasteiger partial charge is 0.341 e. The maximum atomic E-state index is 12.6. The number of hydrogen-bond acceptors (Lipinski definition) is 3. The van der Waals surface area contributed by atoms with E-state index in [4.69, 9.17) is 5.26 Å². The fourth-order valence-electron chi connectivity index (χ4n) is 3.13. The predicted molar refractivity (Wildman–Crippen MR) is 95.8 cm³/mol. The summed E-state index contributed by atoms with van der Waals surface area (Å²) in [6.45, 7) is 4.98. The van der Waals surface area contributed by atoms with Crippen LogP contribution in [0.5, 0.6) is 0 Å². The van der Waals surface area contributed by atoms with Crippen LogP contribution in [0.2, 0.25) is 0 Å². The van der Waals surface area contributed by atoms with Crippen LogP contribution in [0.25, 0.3) is 0 Å². The zero-order valence-electron chi connectivity index (χ0n) is 14.6. The van der Waals surface area contributed by atoms with E-state index in [1.165, 1.54) is 0 Å². The first kappa shape index (κ1) is 16.7. The van der Waals surface area contributed by atoms with Gasteiger partial charge in [-0.1, -0.05) is 31.8 Å². The monoisotopic (exact) mass is 329 g/mol. The third kappa shape index (κ3) is 3.70. The third-order valence-corrected chi connectivity index (χ3v) is 4.20. The van der Waals surface area contributed by atoms with Gasteiger partial charge in [-0.15, -0.1) is 0 Å². The number of pyridine rings is 1. The lowest BCUT2D eigenvalue weighted by Crippen LogP contribution is -2.33. The molecule has 1 aliphatic rings. The molecule has 1 aromatic heterocycles. The molecule has 3 rings (SSSR count). The first-order chi connectivity index (χ1) is 11.9. The Bertz CT molecular complexity index is 942. The molecule has 124 valence electrons. The number of rotatable bonds is 0. The molecule has 1 aromatic carbocycles. The van der Waals surface area contributed by atoms with E-state index < -0.39 is 0 Å². The van der Waals surface area contributed by atoms with Gasteiger partial charge in [-0.2, -0.15) is 5.26 Å². The fraction of sp³-hybridized carbons (Fsp3) is 0.286. The molecule has 0 bridgehead atoms. The summed E-state index contributed by atoms with van der Waals surface area (Å²) in [7, 11) is 1.82. The predicted octanol–water partition coefficient (Wildman–Crippen LogP) is 3.01. The molecule has 4 nitrogen and oxygen atoms in total. The molecule has 0 saturated heterocycles. The highest BCUT2D eigenvalue weighted by Crippen LogP contribution is 2.28. The molecule has 0 fully saturated rings. The minimum absolute atomic E-state index is 0.00636. The van der Waals surface area contributed by atoms with Crippen LogP contribution >= 0.6 is 0 Å². The van der Waals surface area contributed by atoms with Crippen molar-refractivity contribution in [1.82, 2.24) is 9.88 Å². The Hall–Kier alpha value is -3.11. The molecule has 0 aliphatic carbocycles. The van der Waals surface area contributed by atoms with Crippen LogP contribution in [0, 0.1) is 28.6 Å². The summed E-state index contributed by atoms with van der Waals surface area (Å²) >= 11 is 0. The van der Waals surface area contributed by atoms with Crippen molar-refractivity contribution < 1.29 is 4.79 Å². The van der Waals surface area contributed by atoms with Crippen LogP contribution in [0.4, 0.5) is 0 Å². The fourth-order valence-corrected chi connectivity index (χ4v) is 3.13. The van der Waals surface area contributed by atoms with E-state index in [2.05, 4.69) is 36.7 Å². The van der Waals surface area contributed by atoms with E-state index in [1.807, 2.05) is 19.2 Å². The van der Waals surface area contributed by atoms with Gasteiger partial charge in [-0.25, -0.2) is 0 Å². The summed E-state index contributed by atoms with van der Waals surface area (Å²) in [5.41, 5.74) is 3.49. The highest BCUT2D eigenvalue weighted by Gasteiger charge is 2.31. The number of carbonyl (C=O) groups excluding carboxylic acids is 1. The van der Waals surface area contributed by atoms with Gasteiger partial charge in [0.05, 0.1) is 22.9 Å². The number of fused-ring (bicyclic) bond motifs is 1. The van der Waals surface area contributed by atoms with Crippen LogP contribution in [-0.4, -0.2) is 29.4 Å². The first-order valence-corrected chi connectivity index (χ1v) is 8.14. The summed E-state index contributed by atoms with van der Waals surface area (Å²) < 4.78 is 0. The van der Waals surface area contributed by atoms with Gasteiger partial charge in [0.15, 0.2) is 0 Å². The zero-order valence-corrected chi connectivity index (χ0v) is 14.6. The van der Waals surface area contributed by atoms with Crippen LogP contribution in [0.3, 0.4) is 0 Å². The van der Waals surface area contributed by atoms with Crippen molar-refractivity contribution in [2.24, 2.45) is 5.41 Å². The average molecular weight is 329 g/mol. The topological polar surface area (TPSA) is 57.0 Å². The van der Waals surface area contributed by atoms with Gasteiger partial charge in [0.1, 0.15) is 0 Å². The molecule has 1 amide bonds. The summed E-state index contributed by atoms with van der Waals surface area (Å²) in [5, 5.41) is 8.95. The number of benzene rings is 1. The number of nitrogens with zero attached hydrogens (tertiary/aromatic N) is 3. The summed E-state index contributed by atoms with van der Waals surface area (Å²) in [6.07, 6.45) is 2.48. The van der Waals surface area contributed by atoms with Crippen molar-refractivity contribution in [3.05, 3.63) is 64.5 Å². The van der Waals surface area contributed by atoms with Crippen LogP contribution < -0.4 is 0 Å². The van der Waals surface area contributed by atoms with Crippen LogP contribution in [0.1, 0.15) is 46.6 Å². The van der Waals surface area contributed by atoms with E-state index in [1.54, 1.807) is 29.3 Å². The zero-order chi connectivity index (χ0) is 18.0. The number of amides is 1. The molecule has 0 atom stereocenters. The second kappa shape index (κ2) is 6.42. The van der Waals surface area contributed by atoms with Gasteiger partial charge in [0, 0.05) is 30.9 Å². The Kier molecular flexibility index (Phi) is 4.30. The van der Waals surface area contributed by atoms with E-state index in [0.717, 1.165) is 17.7 Å². The molecule has 0 N–H and O–H groups in total. The summed E-state index contributed by atoms with van der Waals surface area (Å²) in [5.74, 6) is 6.07. The smallest absolute Gasteiger partial charge is 0.255 e. The summed E-state index contributed by atoms with van der Waals surface area (Å²) in [4.78, 5) is 18.9. The molecule has 0 spiro atoms. The van der Waals surface area contributed by atoms with Gasteiger partial charge >= 0.3 is 0 Å². The number of carbonyl (C=O) groups is 1. The number of nitriles is 1. The Morgan fingerprint density at radius 1 is 1.16 bits per heavy atom. The van der Waals surface area contributed by atoms with E-state index in [9.17, 15) is 4.79 Å². The highest BCUT2D eigenvalue weighted by molar-refractivity contribution is 5.96. The summed E-state index contributed by atoms with van der Waals surface area (Å²) in [6, 6.07) is 11.1. The van der Waals surface area contributed by atoms with Crippen molar-refractivity contribution in [1.29, 1.82) is 5.26 Å². The van der Waals surface area contributed by atoms with E-state index in [0.29, 0.717) is 23.2 Å². The molecule has 2 aromatic rings. The molecular formula is C21H19N3O. The lowest BCUT2D eigenvalue weighted by Gasteiger charge is -2.26. The molecular weight excluding hydrogens is 310 g/mol. The standard InChI is InChI=1S/C21H19N3O/c1-21(2)11-19-18(20(25)24(3)14-21)10-17(13-23-19)8-7-15-5-4-6-16(9-15)12-22/h4-6,9-10,13H,11,14H2,1-3H3. The van der Waals surface area contributed by atoms with Gasteiger partial charge < -0.3 is 4.90 Å². The van der Waals surface area contributed by atoms with Crippen molar-refractivity contribution >= 4 is 5.91 Å². The van der Waals surface area contributed by atoms with Crippen molar-refractivity contribution in [2.75, 3.05) is 13.6 Å². The van der Waals surface area contributed by atoms with Crippen LogP contribution in [-0.2, 0) is 6.42 Å². The van der Waals surface area contributed by atoms with Gasteiger partial charge in [0.2, 0.25) is 0 Å². The number of hydrogen-bond donors (Lipinski definition) is 0. The normalized spacial score (nSPS) is 15.4. The molecule has 0 radical (unpaired) electrons. The quantitative estimate of drug-likeness (QED) is 0.698. The van der Waals surface area contributed by atoms with E-state index >= 15 is 0 Å². The SMILES string of the molecule is CN1CC(C)(C)Cc2ncc(C#Cc3cccc(C#N)c3)cc2C1=O. The highest BCUT2D eigenvalue weighted by atomic mass is 16.2. The van der Waals surface area contributed by atoms with Gasteiger partial charge in [-0.05, 0) is 36.1 Å². The molecule has 2 heterocycles. The minimum Gasteiger partial charge on any atom is -0.341 e. The Morgan fingerprint density at radius 3 is 2.64 bits per heavy atom. The maximum absolute atomic E-state index is 12.6. The molecule has 1 aliphatic heterocycles. The third-order valence-electron chi connectivity index (χ3n) is 4.20. The molecule has 0 saturated carbocycles. The molecule has 0 unspecified atom stereocenters. The maximum Gasteiger partial charge on any atom is 0.255 e. The Balaban J connectivity index is 1.97. The Morgan fingerprint density at radius 2 is 1.88 bits per heavy atom. The molecule has 4 heteroatoms.